The van der Waals surface area contributed by atoms with Crippen LogP contribution < -0.4 is 10.5 Å². The zero-order chi connectivity index (χ0) is 10.4. The van der Waals surface area contributed by atoms with E-state index in [1.807, 2.05) is 6.07 Å². The highest BCUT2D eigenvalue weighted by molar-refractivity contribution is 6.32. The lowest BCUT2D eigenvalue weighted by Gasteiger charge is -2.07. The molecule has 1 aromatic rings. The quantitative estimate of drug-likeness (QED) is 0.733. The Morgan fingerprint density at radius 3 is 2.79 bits per heavy atom. The molecular formula is C10H14ClNO2. The first-order valence-corrected chi connectivity index (χ1v) is 4.88. The summed E-state index contributed by atoms with van der Waals surface area (Å²) in [5, 5.41) is 9.13. The lowest BCUT2D eigenvalue weighted by atomic mass is 10.2. The molecule has 0 fully saturated rings. The first-order valence-electron chi connectivity index (χ1n) is 4.50. The summed E-state index contributed by atoms with van der Waals surface area (Å²) in [6.45, 7) is 1.06. The van der Waals surface area contributed by atoms with Crippen LogP contribution in [0.4, 0.5) is 0 Å². The van der Waals surface area contributed by atoms with Gasteiger partial charge in [0, 0.05) is 19.6 Å². The van der Waals surface area contributed by atoms with Crippen LogP contribution >= 0.6 is 11.6 Å². The molecule has 0 saturated carbocycles. The van der Waals surface area contributed by atoms with Crippen molar-refractivity contribution in [3.8, 4) is 5.75 Å². The fraction of sp³-hybridized carbons (Fsp3) is 0.400. The predicted molar refractivity (Wildman–Crippen MR) is 56.5 cm³/mol. The number of aliphatic hydroxyl groups is 1. The number of halogens is 1. The summed E-state index contributed by atoms with van der Waals surface area (Å²) in [7, 11) is 0. The van der Waals surface area contributed by atoms with Gasteiger partial charge in [-0.3, -0.25) is 0 Å². The van der Waals surface area contributed by atoms with Crippen molar-refractivity contribution in [2.24, 2.45) is 5.73 Å². The molecule has 0 aromatic heterocycles. The lowest BCUT2D eigenvalue weighted by molar-refractivity contribution is 0.233. The van der Waals surface area contributed by atoms with Gasteiger partial charge >= 0.3 is 0 Å². The summed E-state index contributed by atoms with van der Waals surface area (Å²) < 4.78 is 5.34. The van der Waals surface area contributed by atoms with E-state index in [9.17, 15) is 0 Å². The minimum absolute atomic E-state index is 0.124. The third-order valence-electron chi connectivity index (χ3n) is 1.79. The highest BCUT2D eigenvalue weighted by atomic mass is 35.5. The van der Waals surface area contributed by atoms with Crippen LogP contribution in [0.25, 0.3) is 0 Å². The van der Waals surface area contributed by atoms with E-state index >= 15 is 0 Å². The van der Waals surface area contributed by atoms with E-state index in [0.29, 0.717) is 30.3 Å². The Labute approximate surface area is 88.4 Å². The zero-order valence-corrected chi connectivity index (χ0v) is 8.63. The van der Waals surface area contributed by atoms with Crippen molar-refractivity contribution in [1.82, 2.24) is 0 Å². The third-order valence-corrected chi connectivity index (χ3v) is 2.09. The number of benzene rings is 1. The Balaban J connectivity index is 2.59. The number of aliphatic hydroxyl groups excluding tert-OH is 1. The number of rotatable bonds is 5. The maximum absolute atomic E-state index is 8.57. The minimum atomic E-state index is 0.124. The Kier molecular flexibility index (Phi) is 4.73. The molecule has 0 amide bonds. The van der Waals surface area contributed by atoms with Crippen LogP contribution in [0.5, 0.6) is 5.75 Å². The second-order valence-corrected chi connectivity index (χ2v) is 3.30. The maximum Gasteiger partial charge on any atom is 0.137 e. The molecule has 3 N–H and O–H groups in total. The Morgan fingerprint density at radius 1 is 1.43 bits per heavy atom. The summed E-state index contributed by atoms with van der Waals surface area (Å²) in [6.07, 6.45) is 0.606. The van der Waals surface area contributed by atoms with Crippen molar-refractivity contribution >= 4 is 11.6 Å². The first kappa shape index (κ1) is 11.3. The molecule has 14 heavy (non-hydrogen) atoms. The maximum atomic E-state index is 8.57. The molecule has 1 aromatic carbocycles. The van der Waals surface area contributed by atoms with Gasteiger partial charge in [-0.2, -0.15) is 0 Å². The van der Waals surface area contributed by atoms with Crippen molar-refractivity contribution < 1.29 is 9.84 Å². The highest BCUT2D eigenvalue weighted by Gasteiger charge is 2.01. The van der Waals surface area contributed by atoms with E-state index < -0.39 is 0 Å². The van der Waals surface area contributed by atoms with Crippen molar-refractivity contribution in [3.05, 3.63) is 28.8 Å². The average Bonchev–Trinajstić information content (AvgIpc) is 2.20. The van der Waals surface area contributed by atoms with Gasteiger partial charge in [-0.1, -0.05) is 17.7 Å². The zero-order valence-electron chi connectivity index (χ0n) is 7.87. The normalized spacial score (nSPS) is 10.2. The Morgan fingerprint density at radius 2 is 2.21 bits per heavy atom. The molecule has 0 aliphatic heterocycles. The third kappa shape index (κ3) is 3.18. The van der Waals surface area contributed by atoms with E-state index in [-0.39, 0.29) is 6.61 Å². The molecule has 0 aliphatic carbocycles. The van der Waals surface area contributed by atoms with E-state index in [1.165, 1.54) is 0 Å². The van der Waals surface area contributed by atoms with Gasteiger partial charge in [0.15, 0.2) is 0 Å². The minimum Gasteiger partial charge on any atom is -0.492 e. The van der Waals surface area contributed by atoms with E-state index in [2.05, 4.69) is 0 Å². The molecule has 0 unspecified atom stereocenters. The molecular weight excluding hydrogens is 202 g/mol. The van der Waals surface area contributed by atoms with Gasteiger partial charge in [-0.25, -0.2) is 0 Å². The van der Waals surface area contributed by atoms with Crippen molar-refractivity contribution in [2.45, 2.75) is 13.0 Å². The van der Waals surface area contributed by atoms with Crippen molar-refractivity contribution in [1.29, 1.82) is 0 Å². The van der Waals surface area contributed by atoms with Gasteiger partial charge in [0.25, 0.3) is 0 Å². The summed E-state index contributed by atoms with van der Waals surface area (Å²) in [4.78, 5) is 0. The fourth-order valence-corrected chi connectivity index (χ4v) is 1.29. The Hall–Kier alpha value is -0.770. The molecule has 0 spiro atoms. The number of hydrogen-bond acceptors (Lipinski definition) is 3. The van der Waals surface area contributed by atoms with Gasteiger partial charge in [0.1, 0.15) is 5.75 Å². The van der Waals surface area contributed by atoms with E-state index in [4.69, 9.17) is 27.2 Å². The molecule has 3 nitrogen and oxygen atoms in total. The van der Waals surface area contributed by atoms with Gasteiger partial charge in [0.05, 0.1) is 11.6 Å². The standard InChI is InChI=1S/C10H14ClNO2/c11-9-6-8(7-12)2-3-10(9)14-5-1-4-13/h2-3,6,13H,1,4-5,7,12H2. The monoisotopic (exact) mass is 215 g/mol. The largest absolute Gasteiger partial charge is 0.492 e. The van der Waals surface area contributed by atoms with E-state index in [1.54, 1.807) is 12.1 Å². The van der Waals surface area contributed by atoms with Gasteiger partial charge in [0.2, 0.25) is 0 Å². The average molecular weight is 216 g/mol. The van der Waals surface area contributed by atoms with Crippen molar-refractivity contribution in [2.75, 3.05) is 13.2 Å². The number of nitrogens with two attached hydrogens (primary N) is 1. The summed E-state index contributed by atoms with van der Waals surface area (Å²) in [6, 6.07) is 5.46. The predicted octanol–water partition coefficient (Wildman–Crippen LogP) is 1.56. The molecule has 0 heterocycles. The molecule has 0 saturated heterocycles. The lowest BCUT2D eigenvalue weighted by Crippen LogP contribution is -2.01. The van der Waals surface area contributed by atoms with Gasteiger partial charge < -0.3 is 15.6 Å². The summed E-state index contributed by atoms with van der Waals surface area (Å²) in [5.41, 5.74) is 6.43. The summed E-state index contributed by atoms with van der Waals surface area (Å²) >= 11 is 5.94. The van der Waals surface area contributed by atoms with Gasteiger partial charge in [-0.15, -0.1) is 0 Å². The second-order valence-electron chi connectivity index (χ2n) is 2.89. The van der Waals surface area contributed by atoms with Crippen molar-refractivity contribution in [3.63, 3.8) is 0 Å². The van der Waals surface area contributed by atoms with Crippen LogP contribution in [0, 0.1) is 0 Å². The smallest absolute Gasteiger partial charge is 0.137 e. The summed E-state index contributed by atoms with van der Waals surface area (Å²) in [5.74, 6) is 0.636. The topological polar surface area (TPSA) is 55.5 Å². The van der Waals surface area contributed by atoms with Crippen LogP contribution in [-0.2, 0) is 6.54 Å². The first-order chi connectivity index (χ1) is 6.77. The molecule has 0 atom stereocenters. The van der Waals surface area contributed by atoms with Crippen LogP contribution in [0.15, 0.2) is 18.2 Å². The fourth-order valence-electron chi connectivity index (χ4n) is 1.04. The molecule has 0 bridgehead atoms. The molecule has 0 aliphatic rings. The van der Waals surface area contributed by atoms with E-state index in [0.717, 1.165) is 5.56 Å². The van der Waals surface area contributed by atoms with Crippen LogP contribution in [-0.4, -0.2) is 18.3 Å². The van der Waals surface area contributed by atoms with Crippen LogP contribution in [0.2, 0.25) is 5.02 Å². The molecule has 78 valence electrons. The number of ether oxygens (including phenoxy) is 1. The van der Waals surface area contributed by atoms with Gasteiger partial charge in [-0.05, 0) is 17.7 Å². The Bertz CT molecular complexity index is 291. The molecule has 1 rings (SSSR count). The van der Waals surface area contributed by atoms with Crippen LogP contribution in [0.3, 0.4) is 0 Å². The molecule has 4 heteroatoms. The molecule has 0 radical (unpaired) electrons. The second kappa shape index (κ2) is 5.86. The SMILES string of the molecule is NCc1ccc(OCCCO)c(Cl)c1. The van der Waals surface area contributed by atoms with Crippen LogP contribution in [0.1, 0.15) is 12.0 Å². The number of hydrogen-bond donors (Lipinski definition) is 2. The highest BCUT2D eigenvalue weighted by Crippen LogP contribution is 2.25.